The van der Waals surface area contributed by atoms with Gasteiger partial charge in [-0.25, -0.2) is 17.9 Å². The molecule has 0 amide bonds. The number of ether oxygens (including phenoxy) is 1. The topological polar surface area (TPSA) is 98.5 Å². The standard InChI is InChI=1S/C12H17ClN2O4S.ClH/c1-19-12(16)10-8-9(13)4-5-11(10)20(17,18)15-7-3-2-6-14;/h4-5,8,15H,2-3,6-7,14H2,1H3;1H. The van der Waals surface area contributed by atoms with Crippen LogP contribution in [0.25, 0.3) is 0 Å². The highest BCUT2D eigenvalue weighted by Crippen LogP contribution is 2.21. The molecule has 1 rings (SSSR count). The minimum Gasteiger partial charge on any atom is -0.465 e. The van der Waals surface area contributed by atoms with Crippen LogP contribution in [0.5, 0.6) is 0 Å². The van der Waals surface area contributed by atoms with E-state index >= 15 is 0 Å². The molecule has 0 aliphatic rings. The van der Waals surface area contributed by atoms with Crippen molar-refractivity contribution < 1.29 is 17.9 Å². The molecular weight excluding hydrogens is 339 g/mol. The number of nitrogens with two attached hydrogens (primary N) is 1. The predicted molar refractivity (Wildman–Crippen MR) is 83.5 cm³/mol. The van der Waals surface area contributed by atoms with Gasteiger partial charge in [-0.05, 0) is 37.6 Å². The molecule has 3 N–H and O–H groups in total. The zero-order chi connectivity index (χ0) is 15.2. The summed E-state index contributed by atoms with van der Waals surface area (Å²) < 4.78 is 31.3. The molecule has 1 aromatic carbocycles. The van der Waals surface area contributed by atoms with Crippen molar-refractivity contribution in [1.82, 2.24) is 4.72 Å². The minimum absolute atomic E-state index is 0. The zero-order valence-corrected chi connectivity index (χ0v) is 13.9. The second-order valence-electron chi connectivity index (χ2n) is 4.03. The molecule has 9 heteroatoms. The van der Waals surface area contributed by atoms with Gasteiger partial charge in [0.1, 0.15) is 0 Å². The first-order valence-corrected chi connectivity index (χ1v) is 7.86. The number of sulfonamides is 1. The molecular formula is C12H18Cl2N2O4S. The lowest BCUT2D eigenvalue weighted by Gasteiger charge is -2.10. The van der Waals surface area contributed by atoms with Gasteiger partial charge in [0.2, 0.25) is 10.0 Å². The van der Waals surface area contributed by atoms with E-state index in [2.05, 4.69) is 9.46 Å². The Labute approximate surface area is 135 Å². The third-order valence-corrected chi connectivity index (χ3v) is 4.31. The van der Waals surface area contributed by atoms with Crippen LogP contribution in [0.3, 0.4) is 0 Å². The highest BCUT2D eigenvalue weighted by molar-refractivity contribution is 7.89. The van der Waals surface area contributed by atoms with E-state index in [-0.39, 0.29) is 34.4 Å². The normalized spacial score (nSPS) is 10.8. The summed E-state index contributed by atoms with van der Waals surface area (Å²) in [5, 5.41) is 0.257. The Kier molecular flexibility index (Phi) is 8.84. The summed E-state index contributed by atoms with van der Waals surface area (Å²) in [6, 6.07) is 3.95. The second-order valence-corrected chi connectivity index (χ2v) is 6.20. The van der Waals surface area contributed by atoms with Gasteiger partial charge in [-0.15, -0.1) is 12.4 Å². The molecule has 0 aliphatic carbocycles. The summed E-state index contributed by atoms with van der Waals surface area (Å²) >= 11 is 5.78. The molecule has 0 aromatic heterocycles. The fourth-order valence-electron chi connectivity index (χ4n) is 1.56. The maximum absolute atomic E-state index is 12.2. The van der Waals surface area contributed by atoms with E-state index in [9.17, 15) is 13.2 Å². The van der Waals surface area contributed by atoms with Crippen molar-refractivity contribution in [2.45, 2.75) is 17.7 Å². The first-order chi connectivity index (χ1) is 9.42. The zero-order valence-electron chi connectivity index (χ0n) is 11.5. The Morgan fingerprint density at radius 2 is 2.05 bits per heavy atom. The van der Waals surface area contributed by atoms with Crippen LogP contribution in [0, 0.1) is 0 Å². The van der Waals surface area contributed by atoms with Crippen LogP contribution >= 0.6 is 24.0 Å². The molecule has 0 spiro atoms. The average Bonchev–Trinajstić information content (AvgIpc) is 2.42. The summed E-state index contributed by atoms with van der Waals surface area (Å²) in [4.78, 5) is 11.5. The van der Waals surface area contributed by atoms with Gasteiger partial charge in [0.25, 0.3) is 0 Å². The Balaban J connectivity index is 0.00000400. The average molecular weight is 357 g/mol. The quantitative estimate of drug-likeness (QED) is 0.570. The van der Waals surface area contributed by atoms with E-state index in [0.717, 1.165) is 0 Å². The van der Waals surface area contributed by atoms with Crippen LogP contribution in [-0.4, -0.2) is 34.6 Å². The lowest BCUT2D eigenvalue weighted by atomic mass is 10.2. The Morgan fingerprint density at radius 3 is 2.62 bits per heavy atom. The third kappa shape index (κ3) is 5.80. The number of benzene rings is 1. The first-order valence-electron chi connectivity index (χ1n) is 6.00. The smallest absolute Gasteiger partial charge is 0.339 e. The number of halogens is 2. The maximum atomic E-state index is 12.2. The fourth-order valence-corrected chi connectivity index (χ4v) is 2.98. The van der Waals surface area contributed by atoms with Crippen molar-refractivity contribution in [3.05, 3.63) is 28.8 Å². The van der Waals surface area contributed by atoms with E-state index in [1.807, 2.05) is 0 Å². The minimum atomic E-state index is -3.79. The predicted octanol–water partition coefficient (Wildman–Crippen LogP) is 1.57. The number of methoxy groups -OCH3 is 1. The lowest BCUT2D eigenvalue weighted by Crippen LogP contribution is -2.27. The van der Waals surface area contributed by atoms with Gasteiger partial charge in [-0.2, -0.15) is 0 Å². The number of esters is 1. The van der Waals surface area contributed by atoms with E-state index in [1.165, 1.54) is 25.3 Å². The number of carbonyl (C=O) groups excluding carboxylic acids is 1. The van der Waals surface area contributed by atoms with Crippen molar-refractivity contribution in [2.24, 2.45) is 5.73 Å². The molecule has 0 bridgehead atoms. The van der Waals surface area contributed by atoms with Crippen molar-refractivity contribution in [3.63, 3.8) is 0 Å². The number of hydrogen-bond donors (Lipinski definition) is 2. The summed E-state index contributed by atoms with van der Waals surface area (Å²) in [7, 11) is -2.62. The Morgan fingerprint density at radius 1 is 1.38 bits per heavy atom. The molecule has 1 aromatic rings. The van der Waals surface area contributed by atoms with Gasteiger partial charge in [0.05, 0.1) is 17.6 Å². The molecule has 0 radical (unpaired) electrons. The lowest BCUT2D eigenvalue weighted by molar-refractivity contribution is 0.0596. The van der Waals surface area contributed by atoms with Crippen molar-refractivity contribution in [3.8, 4) is 0 Å². The number of rotatable bonds is 7. The molecule has 120 valence electrons. The molecule has 0 atom stereocenters. The van der Waals surface area contributed by atoms with Crippen molar-refractivity contribution in [2.75, 3.05) is 20.2 Å². The first kappa shape index (κ1) is 20.1. The molecule has 0 saturated heterocycles. The second kappa shape index (κ2) is 9.22. The number of carbonyl (C=O) groups is 1. The maximum Gasteiger partial charge on any atom is 0.339 e. The summed E-state index contributed by atoms with van der Waals surface area (Å²) in [5.41, 5.74) is 5.24. The molecule has 0 unspecified atom stereocenters. The van der Waals surface area contributed by atoms with Gasteiger partial charge in [-0.1, -0.05) is 11.6 Å². The van der Waals surface area contributed by atoms with Gasteiger partial charge >= 0.3 is 5.97 Å². The van der Waals surface area contributed by atoms with Crippen LogP contribution in [0.15, 0.2) is 23.1 Å². The van der Waals surface area contributed by atoms with Crippen LogP contribution < -0.4 is 10.5 Å². The Hall–Kier alpha value is -0.860. The van der Waals surface area contributed by atoms with Crippen molar-refractivity contribution >= 4 is 40.0 Å². The number of nitrogens with one attached hydrogen (secondary N) is 1. The van der Waals surface area contributed by atoms with Crippen molar-refractivity contribution in [1.29, 1.82) is 0 Å². The highest BCUT2D eigenvalue weighted by atomic mass is 35.5. The molecule has 0 aliphatic heterocycles. The van der Waals surface area contributed by atoms with Gasteiger partial charge in [0, 0.05) is 11.6 Å². The molecule has 0 fully saturated rings. The third-order valence-electron chi connectivity index (χ3n) is 2.56. The van der Waals surface area contributed by atoms with Crippen LogP contribution in [0.2, 0.25) is 5.02 Å². The van der Waals surface area contributed by atoms with Crippen LogP contribution in [0.1, 0.15) is 23.2 Å². The molecule has 21 heavy (non-hydrogen) atoms. The van der Waals surface area contributed by atoms with Gasteiger partial charge < -0.3 is 10.5 Å². The van der Waals surface area contributed by atoms with E-state index in [0.29, 0.717) is 19.4 Å². The highest BCUT2D eigenvalue weighted by Gasteiger charge is 2.22. The van der Waals surface area contributed by atoms with E-state index in [1.54, 1.807) is 0 Å². The molecule has 0 heterocycles. The largest absolute Gasteiger partial charge is 0.465 e. The van der Waals surface area contributed by atoms with Gasteiger partial charge in [-0.3, -0.25) is 0 Å². The SMILES string of the molecule is COC(=O)c1cc(Cl)ccc1S(=O)(=O)NCCCCN.Cl. The summed E-state index contributed by atoms with van der Waals surface area (Å²) in [6.45, 7) is 0.749. The fraction of sp³-hybridized carbons (Fsp3) is 0.417. The van der Waals surface area contributed by atoms with Crippen LogP contribution in [-0.2, 0) is 14.8 Å². The summed E-state index contributed by atoms with van der Waals surface area (Å²) in [6.07, 6.45) is 1.34. The van der Waals surface area contributed by atoms with E-state index in [4.69, 9.17) is 17.3 Å². The number of unbranched alkanes of at least 4 members (excludes halogenated alkanes) is 1. The number of hydrogen-bond acceptors (Lipinski definition) is 5. The molecule has 6 nitrogen and oxygen atoms in total. The van der Waals surface area contributed by atoms with Crippen LogP contribution in [0.4, 0.5) is 0 Å². The Bertz CT molecular complexity index is 579. The monoisotopic (exact) mass is 356 g/mol. The van der Waals surface area contributed by atoms with E-state index < -0.39 is 16.0 Å². The molecule has 0 saturated carbocycles. The summed E-state index contributed by atoms with van der Waals surface area (Å²) in [5.74, 6) is -0.755. The van der Waals surface area contributed by atoms with Gasteiger partial charge in [0.15, 0.2) is 0 Å².